The molecule has 0 amide bonds. The van der Waals surface area contributed by atoms with Gasteiger partial charge in [0.05, 0.1) is 0 Å². The van der Waals surface area contributed by atoms with Crippen LogP contribution in [0.1, 0.15) is 102 Å². The summed E-state index contributed by atoms with van der Waals surface area (Å²) in [5.41, 5.74) is 4.81. The van der Waals surface area contributed by atoms with Crippen molar-refractivity contribution in [2.75, 3.05) is 0 Å². The number of hydrogen-bond acceptors (Lipinski definition) is 2. The van der Waals surface area contributed by atoms with Crippen molar-refractivity contribution in [1.29, 1.82) is 0 Å². The highest BCUT2D eigenvalue weighted by Gasteiger charge is 2.44. The zero-order chi connectivity index (χ0) is 19.8. The standard InChI is InChI=1S/C25H40O2/c1-21-19-22(11-8-10-16-25(17-18-25)27-20-26)13-14-23(21)12-7-5-6-9-15-24(2,3)4/h13-14,19-20H,5-12,15-18H2,1-4H3. The molecule has 27 heavy (non-hydrogen) atoms. The minimum Gasteiger partial charge on any atom is -0.461 e. The topological polar surface area (TPSA) is 26.3 Å². The molecule has 1 fully saturated rings. The Kier molecular flexibility index (Phi) is 8.38. The van der Waals surface area contributed by atoms with Gasteiger partial charge in [-0.1, -0.05) is 58.2 Å². The molecule has 0 radical (unpaired) electrons. The van der Waals surface area contributed by atoms with Crippen LogP contribution in [0.25, 0.3) is 0 Å². The van der Waals surface area contributed by atoms with Gasteiger partial charge in [0.15, 0.2) is 0 Å². The second-order valence-electron chi connectivity index (χ2n) is 9.84. The lowest BCUT2D eigenvalue weighted by Gasteiger charge is -2.17. The Morgan fingerprint density at radius 3 is 2.33 bits per heavy atom. The fourth-order valence-corrected chi connectivity index (χ4v) is 3.96. The highest BCUT2D eigenvalue weighted by atomic mass is 16.5. The van der Waals surface area contributed by atoms with Gasteiger partial charge < -0.3 is 4.74 Å². The van der Waals surface area contributed by atoms with Gasteiger partial charge in [-0.25, -0.2) is 0 Å². The summed E-state index contributed by atoms with van der Waals surface area (Å²) in [6.45, 7) is 9.89. The van der Waals surface area contributed by atoms with Gasteiger partial charge in [0, 0.05) is 0 Å². The molecule has 2 rings (SSSR count). The molecule has 0 N–H and O–H groups in total. The van der Waals surface area contributed by atoms with Gasteiger partial charge in [0.2, 0.25) is 0 Å². The number of carbonyl (C=O) groups excluding carboxylic acids is 1. The van der Waals surface area contributed by atoms with Crippen LogP contribution in [-0.4, -0.2) is 12.1 Å². The normalized spacial score (nSPS) is 15.6. The van der Waals surface area contributed by atoms with E-state index < -0.39 is 0 Å². The van der Waals surface area contributed by atoms with Gasteiger partial charge in [-0.15, -0.1) is 0 Å². The van der Waals surface area contributed by atoms with E-state index in [0.717, 1.165) is 32.1 Å². The summed E-state index contributed by atoms with van der Waals surface area (Å²) < 4.78 is 5.23. The van der Waals surface area contributed by atoms with Crippen LogP contribution in [0.5, 0.6) is 0 Å². The maximum Gasteiger partial charge on any atom is 0.293 e. The van der Waals surface area contributed by atoms with Crippen LogP contribution in [0.15, 0.2) is 18.2 Å². The first-order valence-corrected chi connectivity index (χ1v) is 11.0. The van der Waals surface area contributed by atoms with Crippen LogP contribution < -0.4 is 0 Å². The Bertz CT molecular complexity index is 578. The fourth-order valence-electron chi connectivity index (χ4n) is 3.96. The molecule has 0 aromatic heterocycles. The number of benzene rings is 1. The van der Waals surface area contributed by atoms with Gasteiger partial charge in [0.1, 0.15) is 5.60 Å². The molecule has 0 saturated heterocycles. The Balaban J connectivity index is 1.62. The first-order valence-electron chi connectivity index (χ1n) is 11.0. The Morgan fingerprint density at radius 2 is 1.70 bits per heavy atom. The maximum atomic E-state index is 10.5. The molecule has 1 aliphatic rings. The van der Waals surface area contributed by atoms with Gasteiger partial charge >= 0.3 is 0 Å². The number of aryl methyl sites for hydroxylation is 3. The molecule has 0 bridgehead atoms. The van der Waals surface area contributed by atoms with E-state index in [2.05, 4.69) is 45.9 Å². The summed E-state index contributed by atoms with van der Waals surface area (Å²) in [6, 6.07) is 7.04. The Hall–Kier alpha value is -1.31. The Morgan fingerprint density at radius 1 is 1.00 bits per heavy atom. The fraction of sp³-hybridized carbons (Fsp3) is 0.720. The quantitative estimate of drug-likeness (QED) is 0.276. The van der Waals surface area contributed by atoms with Crippen LogP contribution in [0.4, 0.5) is 0 Å². The highest BCUT2D eigenvalue weighted by Crippen LogP contribution is 2.43. The number of carbonyl (C=O) groups is 1. The lowest BCUT2D eigenvalue weighted by molar-refractivity contribution is -0.135. The molecule has 0 heterocycles. The molecule has 152 valence electrons. The van der Waals surface area contributed by atoms with Gasteiger partial charge in [-0.3, -0.25) is 4.79 Å². The van der Waals surface area contributed by atoms with E-state index in [0.29, 0.717) is 11.9 Å². The molecule has 1 saturated carbocycles. The average Bonchev–Trinajstić information content (AvgIpc) is 3.35. The van der Waals surface area contributed by atoms with Crippen molar-refractivity contribution in [2.45, 2.75) is 110 Å². The number of hydrogen-bond donors (Lipinski definition) is 0. The van der Waals surface area contributed by atoms with Crippen molar-refractivity contribution in [2.24, 2.45) is 5.41 Å². The monoisotopic (exact) mass is 372 g/mol. The maximum absolute atomic E-state index is 10.5. The van der Waals surface area contributed by atoms with E-state index in [9.17, 15) is 4.79 Å². The largest absolute Gasteiger partial charge is 0.461 e. The summed E-state index contributed by atoms with van der Waals surface area (Å²) in [5, 5.41) is 0. The third-order valence-electron chi connectivity index (χ3n) is 5.98. The third kappa shape index (κ3) is 8.49. The van der Waals surface area contributed by atoms with E-state index >= 15 is 0 Å². The van der Waals surface area contributed by atoms with Gasteiger partial charge in [-0.2, -0.15) is 0 Å². The van der Waals surface area contributed by atoms with Crippen molar-refractivity contribution in [3.8, 4) is 0 Å². The molecule has 2 heteroatoms. The molecule has 2 nitrogen and oxygen atoms in total. The van der Waals surface area contributed by atoms with Crippen LogP contribution in [0, 0.1) is 12.3 Å². The average molecular weight is 373 g/mol. The number of ether oxygens (including phenoxy) is 1. The summed E-state index contributed by atoms with van der Waals surface area (Å²) in [4.78, 5) is 10.5. The van der Waals surface area contributed by atoms with Crippen molar-refractivity contribution in [1.82, 2.24) is 0 Å². The van der Waals surface area contributed by atoms with Gasteiger partial charge in [0.25, 0.3) is 6.47 Å². The SMILES string of the molecule is Cc1cc(CCCCC2(OC=O)CC2)ccc1CCCCCCC(C)(C)C. The van der Waals surface area contributed by atoms with Crippen molar-refractivity contribution >= 4 is 6.47 Å². The van der Waals surface area contributed by atoms with E-state index in [1.807, 2.05) is 0 Å². The van der Waals surface area contributed by atoms with Crippen LogP contribution in [0.3, 0.4) is 0 Å². The second kappa shape index (κ2) is 10.3. The molecule has 1 aromatic carbocycles. The van der Waals surface area contributed by atoms with Crippen LogP contribution in [0.2, 0.25) is 0 Å². The first-order chi connectivity index (χ1) is 12.8. The predicted octanol–water partition coefficient (Wildman–Crippen LogP) is 6.95. The molecule has 0 unspecified atom stereocenters. The zero-order valence-corrected chi connectivity index (χ0v) is 18.1. The van der Waals surface area contributed by atoms with E-state index in [4.69, 9.17) is 4.74 Å². The van der Waals surface area contributed by atoms with Crippen molar-refractivity contribution in [3.63, 3.8) is 0 Å². The zero-order valence-electron chi connectivity index (χ0n) is 18.1. The van der Waals surface area contributed by atoms with Crippen molar-refractivity contribution < 1.29 is 9.53 Å². The van der Waals surface area contributed by atoms with Crippen LogP contribution >= 0.6 is 0 Å². The molecule has 0 spiro atoms. The highest BCUT2D eigenvalue weighted by molar-refractivity contribution is 5.39. The molecular formula is C25H40O2. The summed E-state index contributed by atoms with van der Waals surface area (Å²) in [6.07, 6.45) is 14.5. The Labute approximate surface area is 167 Å². The number of rotatable bonds is 13. The lowest BCUT2D eigenvalue weighted by atomic mass is 9.89. The second-order valence-corrected chi connectivity index (χ2v) is 9.84. The van der Waals surface area contributed by atoms with Crippen molar-refractivity contribution in [3.05, 3.63) is 34.9 Å². The van der Waals surface area contributed by atoms with E-state index in [1.165, 1.54) is 61.6 Å². The van der Waals surface area contributed by atoms with Crippen LogP contribution in [-0.2, 0) is 22.4 Å². The minimum atomic E-state index is -0.0889. The van der Waals surface area contributed by atoms with E-state index in [1.54, 1.807) is 0 Å². The lowest BCUT2D eigenvalue weighted by Crippen LogP contribution is -2.12. The molecule has 0 atom stereocenters. The van der Waals surface area contributed by atoms with Gasteiger partial charge in [-0.05, 0) is 86.8 Å². The summed E-state index contributed by atoms with van der Waals surface area (Å²) >= 11 is 0. The number of unbranched alkanes of at least 4 members (excludes halogenated alkanes) is 4. The minimum absolute atomic E-state index is 0.0889. The molecule has 1 aliphatic carbocycles. The predicted molar refractivity (Wildman–Crippen MR) is 114 cm³/mol. The molecular weight excluding hydrogens is 332 g/mol. The first kappa shape index (κ1) is 22.0. The molecule has 0 aliphatic heterocycles. The summed E-state index contributed by atoms with van der Waals surface area (Å²) in [7, 11) is 0. The molecule has 1 aromatic rings. The summed E-state index contributed by atoms with van der Waals surface area (Å²) in [5.74, 6) is 0. The third-order valence-corrected chi connectivity index (χ3v) is 5.98. The smallest absolute Gasteiger partial charge is 0.293 e. The van der Waals surface area contributed by atoms with E-state index in [-0.39, 0.29) is 5.60 Å².